The maximum absolute atomic E-state index is 13.7. The number of benzene rings is 1. The van der Waals surface area contributed by atoms with Gasteiger partial charge in [-0.1, -0.05) is 41.4 Å². The van der Waals surface area contributed by atoms with E-state index in [4.69, 9.17) is 37.9 Å². The molecule has 2 fully saturated rings. The highest BCUT2D eigenvalue weighted by atomic mass is 35.5. The van der Waals surface area contributed by atoms with Gasteiger partial charge in [0.05, 0.1) is 45.8 Å². The van der Waals surface area contributed by atoms with Crippen molar-refractivity contribution in [3.8, 4) is 28.4 Å². The fourth-order valence-corrected chi connectivity index (χ4v) is 8.34. The van der Waals surface area contributed by atoms with Gasteiger partial charge in [-0.15, -0.1) is 0 Å². The van der Waals surface area contributed by atoms with Crippen molar-refractivity contribution in [3.63, 3.8) is 0 Å². The molecule has 2 N–H and O–H groups in total. The summed E-state index contributed by atoms with van der Waals surface area (Å²) in [7, 11) is 3.42. The number of ether oxygens (including phenoxy) is 1. The zero-order chi connectivity index (χ0) is 37.4. The van der Waals surface area contributed by atoms with Crippen molar-refractivity contribution < 1.29 is 24.2 Å². The molecular formula is C38H42Cl2N8O5. The van der Waals surface area contributed by atoms with E-state index in [2.05, 4.69) is 20.1 Å². The molecular weight excluding hydrogens is 719 g/mol. The molecule has 53 heavy (non-hydrogen) atoms. The number of fused-ring (bicyclic) bond motifs is 1. The number of carboxylic acid groups (broad SMARTS) is 1. The summed E-state index contributed by atoms with van der Waals surface area (Å²) in [4.78, 5) is 57.4. The highest BCUT2D eigenvalue weighted by Crippen LogP contribution is 2.40. The third-order valence-corrected chi connectivity index (χ3v) is 11.5. The monoisotopic (exact) mass is 760 g/mol. The third kappa shape index (κ3) is 7.48. The fraction of sp³-hybridized carbons (Fsp3) is 0.421. The summed E-state index contributed by atoms with van der Waals surface area (Å²) in [5.74, 6) is -0.670. The van der Waals surface area contributed by atoms with Crippen LogP contribution in [0.25, 0.3) is 22.5 Å². The zero-order valence-electron chi connectivity index (χ0n) is 29.9. The van der Waals surface area contributed by atoms with Crippen LogP contribution in [0.1, 0.15) is 53.8 Å². The van der Waals surface area contributed by atoms with Gasteiger partial charge in [-0.05, 0) is 44.0 Å². The smallest absolute Gasteiger partial charge is 0.307 e. The molecule has 3 aliphatic rings. The largest absolute Gasteiger partial charge is 0.481 e. The third-order valence-electron chi connectivity index (χ3n) is 10.7. The molecule has 4 aromatic rings. The van der Waals surface area contributed by atoms with Crippen LogP contribution in [0.3, 0.4) is 0 Å². The van der Waals surface area contributed by atoms with E-state index in [1.165, 1.54) is 0 Å². The van der Waals surface area contributed by atoms with Crippen LogP contribution in [-0.2, 0) is 36.1 Å². The first-order valence-electron chi connectivity index (χ1n) is 17.8. The second kappa shape index (κ2) is 15.4. The first kappa shape index (κ1) is 36.8. The molecule has 1 atom stereocenters. The van der Waals surface area contributed by atoms with Crippen LogP contribution >= 0.6 is 23.2 Å². The normalized spacial score (nSPS) is 18.2. The number of aromatic nitrogens is 4. The zero-order valence-corrected chi connectivity index (χ0v) is 31.5. The number of aliphatic carboxylic acids is 1. The molecule has 0 bridgehead atoms. The van der Waals surface area contributed by atoms with Crippen molar-refractivity contribution in [1.29, 1.82) is 0 Å². The number of likely N-dealkylation sites (tertiary alicyclic amines) is 2. The number of imidazole rings is 1. The predicted octanol–water partition coefficient (Wildman–Crippen LogP) is 5.39. The van der Waals surface area contributed by atoms with Gasteiger partial charge in [0.1, 0.15) is 0 Å². The molecule has 3 aliphatic heterocycles. The predicted molar refractivity (Wildman–Crippen MR) is 201 cm³/mol. The van der Waals surface area contributed by atoms with Crippen LogP contribution in [0.5, 0.6) is 5.88 Å². The van der Waals surface area contributed by atoms with E-state index in [0.29, 0.717) is 83.6 Å². The number of rotatable bonds is 9. The van der Waals surface area contributed by atoms with Crippen LogP contribution in [0.2, 0.25) is 10.0 Å². The number of hydrogen-bond donors (Lipinski definition) is 2. The molecule has 2 amide bonds. The minimum Gasteiger partial charge on any atom is -0.481 e. The number of carboxylic acids is 1. The number of carbonyl (C=O) groups excluding carboxylic acids is 2. The highest BCUT2D eigenvalue weighted by molar-refractivity contribution is 6.39. The summed E-state index contributed by atoms with van der Waals surface area (Å²) in [6.07, 6.45) is 4.88. The van der Waals surface area contributed by atoms with Crippen molar-refractivity contribution in [2.45, 2.75) is 51.7 Å². The van der Waals surface area contributed by atoms with E-state index in [1.807, 2.05) is 28.6 Å². The van der Waals surface area contributed by atoms with Crippen LogP contribution in [0.4, 0.5) is 5.69 Å². The summed E-state index contributed by atoms with van der Waals surface area (Å²) >= 11 is 14.0. The lowest BCUT2D eigenvalue weighted by atomic mass is 10.00. The Morgan fingerprint density at radius 2 is 1.77 bits per heavy atom. The summed E-state index contributed by atoms with van der Waals surface area (Å²) in [5, 5.41) is 13.0. The van der Waals surface area contributed by atoms with Crippen molar-refractivity contribution in [3.05, 3.63) is 75.4 Å². The van der Waals surface area contributed by atoms with E-state index in [1.54, 1.807) is 44.5 Å². The maximum atomic E-state index is 13.7. The molecule has 0 unspecified atom stereocenters. The summed E-state index contributed by atoms with van der Waals surface area (Å²) < 4.78 is 7.50. The van der Waals surface area contributed by atoms with E-state index in [0.717, 1.165) is 55.8 Å². The molecule has 2 saturated heterocycles. The van der Waals surface area contributed by atoms with Crippen molar-refractivity contribution in [2.75, 3.05) is 45.2 Å². The number of pyridine rings is 2. The Balaban J connectivity index is 1.07. The summed E-state index contributed by atoms with van der Waals surface area (Å²) in [5.41, 5.74) is 5.33. The van der Waals surface area contributed by atoms with Crippen LogP contribution in [0, 0.1) is 5.92 Å². The second-order valence-corrected chi connectivity index (χ2v) is 14.7. The SMILES string of the molecule is COc1nc(-c2ccnc(-c3cccc(NC(=O)c4nc5c(n4C)CCN(C4CCN(C(C)=O)CC4)C5)c3Cl)c2Cl)ccc1CN1CC[C@H](C(=O)O)C1. The van der Waals surface area contributed by atoms with Crippen LogP contribution in [-0.4, -0.2) is 103 Å². The lowest BCUT2D eigenvalue weighted by Crippen LogP contribution is -2.47. The van der Waals surface area contributed by atoms with Gasteiger partial charge in [-0.25, -0.2) is 9.97 Å². The molecule has 0 spiro atoms. The van der Waals surface area contributed by atoms with Crippen molar-refractivity contribution >= 4 is 46.7 Å². The van der Waals surface area contributed by atoms with Crippen LogP contribution < -0.4 is 10.1 Å². The average Bonchev–Trinajstić information content (AvgIpc) is 3.77. The number of piperidine rings is 1. The van der Waals surface area contributed by atoms with E-state index in [-0.39, 0.29) is 22.8 Å². The quantitative estimate of drug-likeness (QED) is 0.228. The number of methoxy groups -OCH3 is 1. The molecule has 6 heterocycles. The standard InChI is InChI=1S/C38H42Cl2N8O5/c1-22(49)47-16-11-25(12-17-47)48-18-13-31-30(21-48)42-35(45(31)2)36(50)43-29-6-4-5-27(32(29)39)34-33(40)26(9-14-41-34)28-8-7-23(37(44-28)53-3)19-46-15-10-24(20-46)38(51)52/h4-9,14,24-25H,10-13,15-21H2,1-3H3,(H,43,50)(H,51,52)/t24-/m0/s1. The van der Waals surface area contributed by atoms with E-state index < -0.39 is 5.97 Å². The first-order valence-corrected chi connectivity index (χ1v) is 18.6. The Labute approximate surface area is 317 Å². The van der Waals surface area contributed by atoms with Gasteiger partial charge >= 0.3 is 5.97 Å². The lowest BCUT2D eigenvalue weighted by molar-refractivity contribution is -0.141. The van der Waals surface area contributed by atoms with Crippen LogP contribution in [0.15, 0.2) is 42.6 Å². The van der Waals surface area contributed by atoms with Gasteiger partial charge in [0.25, 0.3) is 5.91 Å². The highest BCUT2D eigenvalue weighted by Gasteiger charge is 2.32. The van der Waals surface area contributed by atoms with Gasteiger partial charge in [-0.3, -0.25) is 29.2 Å². The van der Waals surface area contributed by atoms with Gasteiger partial charge in [-0.2, -0.15) is 0 Å². The molecule has 278 valence electrons. The topological polar surface area (TPSA) is 146 Å². The molecule has 13 nitrogen and oxygen atoms in total. The number of nitrogens with zero attached hydrogens (tertiary/aromatic N) is 7. The summed E-state index contributed by atoms with van der Waals surface area (Å²) in [6, 6.07) is 11.2. The molecule has 0 radical (unpaired) electrons. The lowest BCUT2D eigenvalue weighted by Gasteiger charge is -2.39. The van der Waals surface area contributed by atoms with Gasteiger partial charge < -0.3 is 24.6 Å². The number of carbonyl (C=O) groups is 3. The van der Waals surface area contributed by atoms with Crippen molar-refractivity contribution in [2.24, 2.45) is 13.0 Å². The fourth-order valence-electron chi connectivity index (χ4n) is 7.76. The Morgan fingerprint density at radius 1 is 0.981 bits per heavy atom. The molecule has 0 saturated carbocycles. The average molecular weight is 762 g/mol. The van der Waals surface area contributed by atoms with E-state index >= 15 is 0 Å². The number of halogens is 2. The maximum Gasteiger partial charge on any atom is 0.307 e. The Morgan fingerprint density at radius 3 is 2.49 bits per heavy atom. The Kier molecular flexibility index (Phi) is 10.7. The van der Waals surface area contributed by atoms with Gasteiger partial charge in [0.15, 0.2) is 5.82 Å². The minimum atomic E-state index is -0.775. The van der Waals surface area contributed by atoms with Crippen molar-refractivity contribution in [1.82, 2.24) is 34.2 Å². The second-order valence-electron chi connectivity index (χ2n) is 13.9. The van der Waals surface area contributed by atoms with E-state index in [9.17, 15) is 19.5 Å². The molecule has 15 heteroatoms. The molecule has 7 rings (SSSR count). The first-order chi connectivity index (χ1) is 25.5. The number of hydrogen-bond acceptors (Lipinski definition) is 9. The molecule has 3 aromatic heterocycles. The molecule has 0 aliphatic carbocycles. The number of nitrogens with one attached hydrogen (secondary N) is 1. The number of anilines is 1. The minimum absolute atomic E-state index is 0.123. The summed E-state index contributed by atoms with van der Waals surface area (Å²) in [6.45, 7) is 6.37. The number of amides is 2. The van der Waals surface area contributed by atoms with Gasteiger partial charge in [0, 0.05) is 94.3 Å². The Bertz CT molecular complexity index is 2060. The Hall–Kier alpha value is -4.56. The van der Waals surface area contributed by atoms with Gasteiger partial charge in [0.2, 0.25) is 11.8 Å². The molecule has 1 aromatic carbocycles.